The number of aromatic nitrogens is 3. The number of ether oxygens (including phenoxy) is 1. The maximum atomic E-state index is 13.6. The maximum Gasteiger partial charge on any atom is 0.296 e. The number of amides is 2. The Morgan fingerprint density at radius 2 is 2.02 bits per heavy atom. The molecule has 1 aromatic carbocycles. The summed E-state index contributed by atoms with van der Waals surface area (Å²) < 4.78 is 12.7. The topological polar surface area (TPSA) is 138 Å². The van der Waals surface area contributed by atoms with Gasteiger partial charge in [-0.25, -0.2) is 4.98 Å². The van der Waals surface area contributed by atoms with Crippen LogP contribution >= 0.6 is 0 Å². The third-order valence-electron chi connectivity index (χ3n) is 8.00. The van der Waals surface area contributed by atoms with E-state index in [1.807, 2.05) is 37.5 Å². The number of carbonyl (C=O) groups excluding carboxylic acids is 2. The molecule has 3 aromatic rings. The fourth-order valence-electron chi connectivity index (χ4n) is 5.20. The standard InChI is InChI=1S/C32H43N7O4/c1-8-42-32(6,7)17-23(18-33)29(41)38-15-9-10-24(38)20-39-26-12-11-22(19-34-21(2)31(3,4)5)16-25(26)36-30(39)37-28(40)27-13-14-35-43-27/h11-14,16-17,21,24,34H,8-10,15,19-20H2,1-7H3,(H,36,37,40)/t21-,24+/m0/s1. The summed E-state index contributed by atoms with van der Waals surface area (Å²) in [6.45, 7) is 16.4. The van der Waals surface area contributed by atoms with Crippen molar-refractivity contribution in [3.63, 3.8) is 0 Å². The van der Waals surface area contributed by atoms with E-state index in [-0.39, 0.29) is 28.7 Å². The van der Waals surface area contributed by atoms with Gasteiger partial charge < -0.3 is 24.0 Å². The number of hydrogen-bond acceptors (Lipinski definition) is 8. The molecule has 3 heterocycles. The predicted molar refractivity (Wildman–Crippen MR) is 164 cm³/mol. The summed E-state index contributed by atoms with van der Waals surface area (Å²) in [6, 6.07) is 9.73. The van der Waals surface area contributed by atoms with E-state index in [1.165, 1.54) is 12.3 Å². The van der Waals surface area contributed by atoms with Crippen molar-refractivity contribution in [3.05, 3.63) is 53.4 Å². The largest absolute Gasteiger partial charge is 0.372 e. The van der Waals surface area contributed by atoms with E-state index in [0.717, 1.165) is 29.4 Å². The van der Waals surface area contributed by atoms with Crippen LogP contribution in [0.1, 0.15) is 77.4 Å². The molecule has 0 spiro atoms. The van der Waals surface area contributed by atoms with Gasteiger partial charge in [0.25, 0.3) is 11.8 Å². The molecule has 11 nitrogen and oxygen atoms in total. The molecule has 1 fully saturated rings. The number of nitrogens with one attached hydrogen (secondary N) is 2. The molecule has 230 valence electrons. The molecule has 0 unspecified atom stereocenters. The maximum absolute atomic E-state index is 13.6. The molecule has 2 amide bonds. The van der Waals surface area contributed by atoms with Gasteiger partial charge in [-0.15, -0.1) is 0 Å². The Labute approximate surface area is 253 Å². The van der Waals surface area contributed by atoms with Crippen molar-refractivity contribution < 1.29 is 18.8 Å². The van der Waals surface area contributed by atoms with Crippen molar-refractivity contribution >= 4 is 28.8 Å². The highest BCUT2D eigenvalue weighted by Crippen LogP contribution is 2.28. The minimum Gasteiger partial charge on any atom is -0.372 e. The lowest BCUT2D eigenvalue weighted by molar-refractivity contribution is -0.127. The normalized spacial score (nSPS) is 16.8. The summed E-state index contributed by atoms with van der Waals surface area (Å²) in [5, 5.41) is 19.9. The lowest BCUT2D eigenvalue weighted by Crippen LogP contribution is -2.39. The quantitative estimate of drug-likeness (QED) is 0.234. The second kappa shape index (κ2) is 13.1. The molecule has 0 radical (unpaired) electrons. The van der Waals surface area contributed by atoms with Crippen molar-refractivity contribution in [1.82, 2.24) is 24.9 Å². The first-order chi connectivity index (χ1) is 20.3. The summed E-state index contributed by atoms with van der Waals surface area (Å²) in [7, 11) is 0. The molecule has 0 saturated carbocycles. The number of nitrogens with zero attached hydrogens (tertiary/aromatic N) is 5. The van der Waals surface area contributed by atoms with Gasteiger partial charge in [0.05, 0.1) is 28.9 Å². The van der Waals surface area contributed by atoms with Gasteiger partial charge in [0.2, 0.25) is 11.7 Å². The molecule has 43 heavy (non-hydrogen) atoms. The van der Waals surface area contributed by atoms with Crippen LogP contribution in [0.3, 0.4) is 0 Å². The van der Waals surface area contributed by atoms with E-state index >= 15 is 0 Å². The number of nitriles is 1. The van der Waals surface area contributed by atoms with Crippen molar-refractivity contribution in [1.29, 1.82) is 5.26 Å². The first-order valence-electron chi connectivity index (χ1n) is 14.9. The highest BCUT2D eigenvalue weighted by atomic mass is 16.5. The van der Waals surface area contributed by atoms with Crippen molar-refractivity contribution in [2.24, 2.45) is 5.41 Å². The summed E-state index contributed by atoms with van der Waals surface area (Å²) in [6.07, 6.45) is 4.56. The van der Waals surface area contributed by atoms with E-state index in [1.54, 1.807) is 11.0 Å². The first-order valence-corrected chi connectivity index (χ1v) is 14.9. The van der Waals surface area contributed by atoms with E-state index in [2.05, 4.69) is 55.6 Å². The highest BCUT2D eigenvalue weighted by molar-refractivity contribution is 6.02. The van der Waals surface area contributed by atoms with Gasteiger partial charge in [0, 0.05) is 38.3 Å². The number of likely N-dealkylation sites (tertiary alicyclic amines) is 1. The molecule has 11 heteroatoms. The molecule has 2 atom stereocenters. The summed E-state index contributed by atoms with van der Waals surface area (Å²) in [4.78, 5) is 33.1. The van der Waals surface area contributed by atoms with Crippen molar-refractivity contribution in [2.75, 3.05) is 18.5 Å². The molecule has 1 aliphatic heterocycles. The fourth-order valence-corrected chi connectivity index (χ4v) is 5.20. The Bertz CT molecular complexity index is 1510. The SMILES string of the molecule is CCOC(C)(C)C=C(C#N)C(=O)N1CCC[C@@H]1Cn1c(NC(=O)c2ccno2)nc2cc(CN[C@@H](C)C(C)(C)C)ccc21. The Morgan fingerprint density at radius 1 is 1.26 bits per heavy atom. The van der Waals surface area contributed by atoms with Crippen LogP contribution in [0.2, 0.25) is 0 Å². The number of imidazole rings is 1. The van der Waals surface area contributed by atoms with E-state index in [0.29, 0.717) is 38.2 Å². The smallest absolute Gasteiger partial charge is 0.296 e. The van der Waals surface area contributed by atoms with Gasteiger partial charge in [-0.3, -0.25) is 14.9 Å². The van der Waals surface area contributed by atoms with Crippen LogP contribution in [0, 0.1) is 16.7 Å². The molecule has 4 rings (SSSR count). The van der Waals surface area contributed by atoms with Crippen LogP contribution in [0.4, 0.5) is 5.95 Å². The molecule has 2 aromatic heterocycles. The van der Waals surface area contributed by atoms with Crippen molar-refractivity contribution in [2.45, 2.75) is 92.1 Å². The third kappa shape index (κ3) is 7.69. The Balaban J connectivity index is 1.64. The predicted octanol–water partition coefficient (Wildman–Crippen LogP) is 5.06. The molecule has 1 aliphatic rings. The van der Waals surface area contributed by atoms with Crippen LogP contribution in [0.5, 0.6) is 0 Å². The molecule has 1 saturated heterocycles. The van der Waals surface area contributed by atoms with Crippen LogP contribution in [0.25, 0.3) is 11.0 Å². The lowest BCUT2D eigenvalue weighted by atomic mass is 9.88. The number of fused-ring (bicyclic) bond motifs is 1. The average Bonchev–Trinajstić information content (AvgIpc) is 3.71. The van der Waals surface area contributed by atoms with Crippen LogP contribution < -0.4 is 10.6 Å². The molecule has 0 aliphatic carbocycles. The summed E-state index contributed by atoms with van der Waals surface area (Å²) in [5.74, 6) is -0.381. The van der Waals surface area contributed by atoms with Crippen LogP contribution in [-0.4, -0.2) is 62.3 Å². The van der Waals surface area contributed by atoms with Crippen molar-refractivity contribution in [3.8, 4) is 6.07 Å². The molecule has 0 bridgehead atoms. The molecular weight excluding hydrogens is 546 g/mol. The van der Waals surface area contributed by atoms with E-state index < -0.39 is 11.5 Å². The van der Waals surface area contributed by atoms with Gasteiger partial charge in [-0.05, 0) is 69.7 Å². The third-order valence-corrected chi connectivity index (χ3v) is 8.00. The number of benzene rings is 1. The highest BCUT2D eigenvalue weighted by Gasteiger charge is 2.33. The Morgan fingerprint density at radius 3 is 2.67 bits per heavy atom. The fraction of sp³-hybridized carbons (Fsp3) is 0.531. The number of rotatable bonds is 11. The number of carbonyl (C=O) groups is 2. The minimum absolute atomic E-state index is 0.0568. The Hall–Kier alpha value is -4.01. The zero-order valence-electron chi connectivity index (χ0n) is 26.2. The average molecular weight is 590 g/mol. The van der Waals surface area contributed by atoms with Gasteiger partial charge >= 0.3 is 0 Å². The summed E-state index contributed by atoms with van der Waals surface area (Å²) >= 11 is 0. The minimum atomic E-state index is -0.749. The van der Waals surface area contributed by atoms with E-state index in [4.69, 9.17) is 14.2 Å². The number of anilines is 1. The van der Waals surface area contributed by atoms with Gasteiger partial charge in [0.1, 0.15) is 11.6 Å². The number of hydrogen-bond donors (Lipinski definition) is 2. The van der Waals surface area contributed by atoms with E-state index in [9.17, 15) is 14.9 Å². The summed E-state index contributed by atoms with van der Waals surface area (Å²) in [5.41, 5.74) is 2.05. The Kier molecular flexibility index (Phi) is 9.72. The monoisotopic (exact) mass is 589 g/mol. The van der Waals surface area contributed by atoms with Gasteiger partial charge in [-0.2, -0.15) is 5.26 Å². The first kappa shape index (κ1) is 31.9. The lowest BCUT2D eigenvalue weighted by Gasteiger charge is -2.28. The van der Waals surface area contributed by atoms with Gasteiger partial charge in [-0.1, -0.05) is 32.0 Å². The van der Waals surface area contributed by atoms with Crippen LogP contribution in [0.15, 0.2) is 46.6 Å². The molecule has 2 N–H and O–H groups in total. The molecular formula is C32H43N7O4. The second-order valence-electron chi connectivity index (χ2n) is 12.7. The van der Waals surface area contributed by atoms with Gasteiger partial charge in [0.15, 0.2) is 0 Å². The van der Waals surface area contributed by atoms with Crippen LogP contribution in [-0.2, 0) is 22.6 Å². The second-order valence-corrected chi connectivity index (χ2v) is 12.7. The zero-order valence-corrected chi connectivity index (χ0v) is 26.2. The zero-order chi connectivity index (χ0) is 31.4.